The lowest BCUT2D eigenvalue weighted by atomic mass is 10.1. The molecule has 118 valence electrons. The molecule has 0 heterocycles. The van der Waals surface area contributed by atoms with E-state index in [1.807, 2.05) is 13.8 Å². The number of amides is 1. The number of hydrogen-bond acceptors (Lipinski definition) is 5. The van der Waals surface area contributed by atoms with Crippen LogP contribution in [0.2, 0.25) is 0 Å². The third kappa shape index (κ3) is 6.29. The Labute approximate surface area is 119 Å². The van der Waals surface area contributed by atoms with Crippen molar-refractivity contribution in [3.8, 4) is 0 Å². The Morgan fingerprint density at radius 1 is 1.20 bits per heavy atom. The number of nitrogens with zero attached hydrogens (tertiary/aromatic N) is 2. The van der Waals surface area contributed by atoms with E-state index in [0.29, 0.717) is 12.8 Å². The van der Waals surface area contributed by atoms with Crippen molar-refractivity contribution in [1.29, 1.82) is 0 Å². The van der Waals surface area contributed by atoms with Crippen LogP contribution in [-0.4, -0.2) is 48.2 Å². The van der Waals surface area contributed by atoms with Crippen LogP contribution in [0.3, 0.4) is 0 Å². The molecule has 0 aromatic rings. The third-order valence-electron chi connectivity index (χ3n) is 3.00. The molecule has 1 amide bonds. The van der Waals surface area contributed by atoms with E-state index >= 15 is 0 Å². The first-order chi connectivity index (χ1) is 9.34. The minimum absolute atomic E-state index is 0.0105. The van der Waals surface area contributed by atoms with Gasteiger partial charge in [0, 0.05) is 14.1 Å². The molecule has 0 bridgehead atoms. The van der Waals surface area contributed by atoms with Crippen LogP contribution in [0.4, 0.5) is 4.48 Å². The number of hydrogen-bond donors (Lipinski definition) is 1. The molecule has 0 fully saturated rings. The molecule has 0 saturated heterocycles. The largest absolute Gasteiger partial charge is 0.366 e. The minimum Gasteiger partial charge on any atom is -0.366 e. The van der Waals surface area contributed by atoms with Crippen LogP contribution in [-0.2, 0) is 14.4 Å². The third-order valence-corrected chi connectivity index (χ3v) is 3.00. The molecule has 0 unspecified atom stereocenters. The summed E-state index contributed by atoms with van der Waals surface area (Å²) in [6.07, 6.45) is 3.26. The minimum atomic E-state index is -0.831. The zero-order valence-corrected chi connectivity index (χ0v) is 12.8. The monoisotopic (exact) mass is 291 g/mol. The van der Waals surface area contributed by atoms with Crippen molar-refractivity contribution in [1.82, 2.24) is 10.2 Å². The van der Waals surface area contributed by atoms with E-state index in [2.05, 4.69) is 0 Å². The topological polar surface area (TPSA) is 75.9 Å². The van der Waals surface area contributed by atoms with E-state index in [1.165, 1.54) is 7.05 Å². The van der Waals surface area contributed by atoms with Crippen LogP contribution >= 0.6 is 0 Å². The van der Waals surface area contributed by atoms with Gasteiger partial charge in [0.25, 0.3) is 5.91 Å². The summed E-state index contributed by atoms with van der Waals surface area (Å²) in [7, 11) is 2.47. The van der Waals surface area contributed by atoms with Crippen molar-refractivity contribution >= 4 is 11.9 Å². The lowest BCUT2D eigenvalue weighted by molar-refractivity contribution is -0.202. The Hall–Kier alpha value is -1.21. The highest BCUT2D eigenvalue weighted by molar-refractivity contribution is 5.81. The maximum Gasteiger partial charge on any atom is 0.341 e. The van der Waals surface area contributed by atoms with Gasteiger partial charge in [-0.15, -0.1) is 5.06 Å². The molecular formula is C13H26FN3O3. The summed E-state index contributed by atoms with van der Waals surface area (Å²) < 4.78 is 13.0. The molecule has 0 saturated carbocycles. The second-order valence-electron chi connectivity index (χ2n) is 4.83. The lowest BCUT2D eigenvalue weighted by Crippen LogP contribution is -2.46. The first-order valence-electron chi connectivity index (χ1n) is 6.98. The molecular weight excluding hydrogens is 265 g/mol. The number of hydroxylamine groups is 2. The van der Waals surface area contributed by atoms with Crippen molar-refractivity contribution in [2.45, 2.75) is 58.0 Å². The molecule has 0 aliphatic heterocycles. The number of unbranched alkanes of at least 4 members (excludes halogenated alkanes) is 1. The molecule has 0 aromatic heterocycles. The van der Waals surface area contributed by atoms with Crippen molar-refractivity contribution in [3.05, 3.63) is 0 Å². The van der Waals surface area contributed by atoms with E-state index in [0.717, 1.165) is 31.4 Å². The van der Waals surface area contributed by atoms with Crippen molar-refractivity contribution < 1.29 is 18.9 Å². The Morgan fingerprint density at radius 2 is 1.80 bits per heavy atom. The van der Waals surface area contributed by atoms with E-state index in [9.17, 15) is 14.1 Å². The maximum atomic E-state index is 13.0. The van der Waals surface area contributed by atoms with Gasteiger partial charge in [0.1, 0.15) is 12.1 Å². The number of halogens is 1. The van der Waals surface area contributed by atoms with Crippen LogP contribution in [0, 0.1) is 0 Å². The van der Waals surface area contributed by atoms with E-state index < -0.39 is 24.0 Å². The standard InChI is InChI=1S/C13H26FN3O3/c1-5-7-9-11(12(18)16(3)14)17(4)20-13(19)10(15)8-6-2/h10-11H,5-9,15H2,1-4H3/t10-,11-/m0/s1. The van der Waals surface area contributed by atoms with Crippen LogP contribution in [0.5, 0.6) is 0 Å². The van der Waals surface area contributed by atoms with Gasteiger partial charge >= 0.3 is 5.97 Å². The van der Waals surface area contributed by atoms with Crippen LogP contribution in [0.1, 0.15) is 46.0 Å². The first kappa shape index (κ1) is 18.8. The number of carbonyl (C=O) groups excluding carboxylic acids is 2. The van der Waals surface area contributed by atoms with Crippen molar-refractivity contribution in [2.24, 2.45) is 5.73 Å². The second-order valence-corrected chi connectivity index (χ2v) is 4.83. The normalized spacial score (nSPS) is 13.9. The Bertz CT molecular complexity index is 313. The molecule has 20 heavy (non-hydrogen) atoms. The van der Waals surface area contributed by atoms with Gasteiger partial charge in [0.05, 0.1) is 0 Å². The van der Waals surface area contributed by atoms with Gasteiger partial charge in [-0.1, -0.05) is 37.6 Å². The number of carbonyl (C=O) groups is 2. The summed E-state index contributed by atoms with van der Waals surface area (Å²) in [6, 6.07) is -1.56. The van der Waals surface area contributed by atoms with E-state index in [1.54, 1.807) is 0 Å². The predicted octanol–water partition coefficient (Wildman–Crippen LogP) is 1.41. The summed E-state index contributed by atoms with van der Waals surface area (Å²) in [5.74, 6) is -1.34. The molecule has 0 rings (SSSR count). The zero-order chi connectivity index (χ0) is 15.7. The van der Waals surface area contributed by atoms with Gasteiger partial charge in [-0.2, -0.15) is 5.12 Å². The van der Waals surface area contributed by atoms with Gasteiger partial charge in [-0.05, 0) is 12.8 Å². The highest BCUT2D eigenvalue weighted by atomic mass is 19.2. The smallest absolute Gasteiger partial charge is 0.341 e. The van der Waals surface area contributed by atoms with Gasteiger partial charge in [-0.25, -0.2) is 4.79 Å². The molecule has 2 N–H and O–H groups in total. The van der Waals surface area contributed by atoms with Crippen LogP contribution in [0.25, 0.3) is 0 Å². The maximum absolute atomic E-state index is 13.0. The van der Waals surface area contributed by atoms with Crippen molar-refractivity contribution in [3.63, 3.8) is 0 Å². The first-order valence-corrected chi connectivity index (χ1v) is 6.98. The summed E-state index contributed by atoms with van der Waals surface area (Å²) in [4.78, 5) is 28.5. The number of nitrogens with two attached hydrogens (primary N) is 1. The summed E-state index contributed by atoms with van der Waals surface area (Å²) in [5, 5.41) is 1.11. The number of rotatable bonds is 9. The molecule has 7 heteroatoms. The van der Waals surface area contributed by atoms with E-state index in [4.69, 9.17) is 10.6 Å². The van der Waals surface area contributed by atoms with Gasteiger partial charge in [-0.3, -0.25) is 4.79 Å². The van der Waals surface area contributed by atoms with Crippen molar-refractivity contribution in [2.75, 3.05) is 14.1 Å². The average molecular weight is 291 g/mol. The molecule has 0 radical (unpaired) electrons. The Balaban J connectivity index is 4.65. The molecule has 6 nitrogen and oxygen atoms in total. The van der Waals surface area contributed by atoms with Crippen LogP contribution < -0.4 is 5.73 Å². The quantitative estimate of drug-likeness (QED) is 0.513. The van der Waals surface area contributed by atoms with Gasteiger partial charge in [0.15, 0.2) is 0 Å². The fourth-order valence-corrected chi connectivity index (χ4v) is 1.77. The lowest BCUT2D eigenvalue weighted by Gasteiger charge is -2.27. The highest BCUT2D eigenvalue weighted by Gasteiger charge is 2.29. The number of likely N-dealkylation sites (N-methyl/N-ethyl adjacent to an activating group) is 2. The van der Waals surface area contributed by atoms with Gasteiger partial charge in [0.2, 0.25) is 0 Å². The summed E-state index contributed by atoms with van der Waals surface area (Å²) in [6.45, 7) is 3.87. The van der Waals surface area contributed by atoms with E-state index in [-0.39, 0.29) is 5.12 Å². The molecule has 0 spiro atoms. The average Bonchev–Trinajstić information content (AvgIpc) is 2.38. The second kappa shape index (κ2) is 9.66. The van der Waals surface area contributed by atoms with Crippen LogP contribution in [0.15, 0.2) is 0 Å². The molecule has 2 atom stereocenters. The fourth-order valence-electron chi connectivity index (χ4n) is 1.77. The SMILES string of the molecule is CCCC[C@@H](C(=O)N(C)F)N(C)OC(=O)[C@@H](N)CCC. The fraction of sp³-hybridized carbons (Fsp3) is 0.846. The Morgan fingerprint density at radius 3 is 2.25 bits per heavy atom. The zero-order valence-electron chi connectivity index (χ0n) is 12.8. The highest BCUT2D eigenvalue weighted by Crippen LogP contribution is 2.12. The molecule has 0 aliphatic carbocycles. The predicted molar refractivity (Wildman–Crippen MR) is 73.9 cm³/mol. The Kier molecular flexibility index (Phi) is 9.07. The van der Waals surface area contributed by atoms with Gasteiger partial charge < -0.3 is 10.6 Å². The molecule has 0 aromatic carbocycles. The summed E-state index contributed by atoms with van der Waals surface area (Å²) >= 11 is 0. The summed E-state index contributed by atoms with van der Waals surface area (Å²) in [5.41, 5.74) is 5.64. The molecule has 0 aliphatic rings.